The van der Waals surface area contributed by atoms with Crippen molar-refractivity contribution in [3.8, 4) is 45.6 Å². The number of ketones is 2. The maximum atomic E-state index is 13.6. The van der Waals surface area contributed by atoms with Gasteiger partial charge in [0.2, 0.25) is 0 Å². The maximum absolute atomic E-state index is 13.6. The molecule has 6 nitrogen and oxygen atoms in total. The fourth-order valence-electron chi connectivity index (χ4n) is 7.78. The van der Waals surface area contributed by atoms with E-state index in [0.29, 0.717) is 39.5 Å². The number of ether oxygens (including phenoxy) is 4. The summed E-state index contributed by atoms with van der Waals surface area (Å²) in [6.07, 6.45) is 1.72. The lowest BCUT2D eigenvalue weighted by Crippen LogP contribution is -2.37. The van der Waals surface area contributed by atoms with Crippen LogP contribution in [0.2, 0.25) is 0 Å². The molecule has 7 heteroatoms. The lowest BCUT2D eigenvalue weighted by atomic mass is 9.82. The summed E-state index contributed by atoms with van der Waals surface area (Å²) in [5.74, 6) is 4.37. The SMILES string of the molecule is CCC(C)(C)Oc1ccc(Sc2ccc(Oc3ccc(C(=O)c4ccc(C(C)C(C)(CC)Oc5ccc(-c6ccc(Oc7ccc(C(=O)c8ccc(C)cc8)cc7)cc6)cc5)cc4)cc3)cc2)cc1. The molecule has 0 spiro atoms. The van der Waals surface area contributed by atoms with Crippen molar-refractivity contribution in [2.75, 3.05) is 0 Å². The summed E-state index contributed by atoms with van der Waals surface area (Å²) < 4.78 is 25.0. The third-order valence-electron chi connectivity index (χ3n) is 12.8. The third kappa shape index (κ3) is 12.2. The van der Waals surface area contributed by atoms with Gasteiger partial charge in [-0.2, -0.15) is 0 Å². The molecule has 0 aliphatic carbocycles. The third-order valence-corrected chi connectivity index (χ3v) is 13.8. The Morgan fingerprint density at radius 1 is 0.435 bits per heavy atom. The highest BCUT2D eigenvalue weighted by atomic mass is 32.2. The first-order chi connectivity index (χ1) is 33.3. The molecule has 2 atom stereocenters. The zero-order valence-corrected chi connectivity index (χ0v) is 41.1. The van der Waals surface area contributed by atoms with Gasteiger partial charge in [0.05, 0.1) is 0 Å². The van der Waals surface area contributed by atoms with Crippen LogP contribution >= 0.6 is 11.8 Å². The molecular formula is C62H58O6S. The fraction of sp³-hybridized carbons (Fsp3) is 0.194. The van der Waals surface area contributed by atoms with Gasteiger partial charge in [0.25, 0.3) is 0 Å². The monoisotopic (exact) mass is 930 g/mol. The van der Waals surface area contributed by atoms with Crippen molar-refractivity contribution in [1.29, 1.82) is 0 Å². The highest BCUT2D eigenvalue weighted by Gasteiger charge is 2.33. The van der Waals surface area contributed by atoms with Crippen LogP contribution in [0.5, 0.6) is 34.5 Å². The quantitative estimate of drug-likeness (QED) is 0.0748. The van der Waals surface area contributed by atoms with Gasteiger partial charge in [-0.25, -0.2) is 0 Å². The molecule has 8 aromatic carbocycles. The number of benzene rings is 8. The number of aryl methyl sites for hydroxylation is 1. The molecule has 0 amide bonds. The summed E-state index contributed by atoms with van der Waals surface area (Å²) >= 11 is 1.68. The molecule has 69 heavy (non-hydrogen) atoms. The van der Waals surface area contributed by atoms with Crippen LogP contribution in [0.3, 0.4) is 0 Å². The van der Waals surface area contributed by atoms with E-state index in [1.54, 1.807) is 23.9 Å². The molecule has 0 heterocycles. The molecule has 8 aromatic rings. The van der Waals surface area contributed by atoms with E-state index in [2.05, 4.69) is 65.8 Å². The molecule has 8 rings (SSSR count). The van der Waals surface area contributed by atoms with Crippen molar-refractivity contribution < 1.29 is 28.5 Å². The minimum Gasteiger partial charge on any atom is -0.488 e. The van der Waals surface area contributed by atoms with Gasteiger partial charge in [-0.3, -0.25) is 9.59 Å². The first-order valence-electron chi connectivity index (χ1n) is 23.5. The fourth-order valence-corrected chi connectivity index (χ4v) is 8.60. The number of hydrogen-bond donors (Lipinski definition) is 0. The second-order valence-corrected chi connectivity index (χ2v) is 19.3. The Kier molecular flexibility index (Phi) is 14.9. The Morgan fingerprint density at radius 3 is 1.17 bits per heavy atom. The highest BCUT2D eigenvalue weighted by Crippen LogP contribution is 2.37. The van der Waals surface area contributed by atoms with Crippen molar-refractivity contribution in [2.45, 2.75) is 88.2 Å². The summed E-state index contributed by atoms with van der Waals surface area (Å²) in [6.45, 7) is 14.8. The molecule has 348 valence electrons. The van der Waals surface area contributed by atoms with E-state index in [1.165, 1.54) is 0 Å². The molecule has 0 radical (unpaired) electrons. The number of hydrogen-bond acceptors (Lipinski definition) is 7. The first-order valence-corrected chi connectivity index (χ1v) is 24.4. The molecule has 0 fully saturated rings. The van der Waals surface area contributed by atoms with Crippen LogP contribution < -0.4 is 18.9 Å². The largest absolute Gasteiger partial charge is 0.488 e. The van der Waals surface area contributed by atoms with Crippen molar-refractivity contribution >= 4 is 23.3 Å². The van der Waals surface area contributed by atoms with Crippen molar-refractivity contribution in [3.63, 3.8) is 0 Å². The number of rotatable bonds is 19. The highest BCUT2D eigenvalue weighted by molar-refractivity contribution is 7.99. The second-order valence-electron chi connectivity index (χ2n) is 18.2. The maximum Gasteiger partial charge on any atom is 0.193 e. The second kappa shape index (κ2) is 21.3. The first kappa shape index (κ1) is 48.1. The Hall–Kier alpha value is -7.35. The smallest absolute Gasteiger partial charge is 0.193 e. The van der Waals surface area contributed by atoms with Crippen molar-refractivity contribution in [2.24, 2.45) is 0 Å². The molecule has 0 saturated heterocycles. The van der Waals surface area contributed by atoms with Crippen LogP contribution in [0.25, 0.3) is 11.1 Å². The van der Waals surface area contributed by atoms with Gasteiger partial charge < -0.3 is 18.9 Å². The van der Waals surface area contributed by atoms with Gasteiger partial charge in [-0.15, -0.1) is 0 Å². The Bertz CT molecular complexity index is 2960. The zero-order chi connectivity index (χ0) is 48.5. The van der Waals surface area contributed by atoms with E-state index in [-0.39, 0.29) is 23.1 Å². The molecule has 0 aliphatic rings. The lowest BCUT2D eigenvalue weighted by molar-refractivity contribution is 0.0598. The standard InChI is InChI=1S/C62H58O6S/c1-8-61(5,6)67-55-36-40-58(41-37-55)69-57-38-34-54(35-39-57)66-53-30-24-50(25-31-53)60(64)48-16-14-44(15-17-48)43(4)62(7,9-2)68-56-32-20-46(21-33-56)45-18-26-51(27-19-45)65-52-28-22-49(23-29-52)59(63)47-12-10-42(3)11-13-47/h10-41,43H,8-9H2,1-7H3. The summed E-state index contributed by atoms with van der Waals surface area (Å²) in [5.41, 5.74) is 6.12. The molecule has 2 unspecified atom stereocenters. The van der Waals surface area contributed by atoms with E-state index in [9.17, 15) is 9.59 Å². The minimum absolute atomic E-state index is 0.0163. The van der Waals surface area contributed by atoms with E-state index < -0.39 is 5.60 Å². The normalized spacial score (nSPS) is 12.6. The predicted molar refractivity (Wildman–Crippen MR) is 279 cm³/mol. The molecule has 0 bridgehead atoms. The molecule has 0 aliphatic heterocycles. The van der Waals surface area contributed by atoms with Gasteiger partial charge >= 0.3 is 0 Å². The van der Waals surface area contributed by atoms with Gasteiger partial charge in [-0.05, 0) is 179 Å². The van der Waals surface area contributed by atoms with Crippen LogP contribution in [0.15, 0.2) is 204 Å². The van der Waals surface area contributed by atoms with E-state index in [0.717, 1.165) is 62.1 Å². The van der Waals surface area contributed by atoms with Gasteiger partial charge in [0, 0.05) is 38.0 Å². The Labute approximate surface area is 411 Å². The van der Waals surface area contributed by atoms with Crippen LogP contribution in [0.1, 0.15) is 103 Å². The van der Waals surface area contributed by atoms with E-state index >= 15 is 0 Å². The van der Waals surface area contributed by atoms with Crippen molar-refractivity contribution in [3.05, 3.63) is 228 Å². The topological polar surface area (TPSA) is 71.1 Å². The predicted octanol–water partition coefficient (Wildman–Crippen LogP) is 16.8. The van der Waals surface area contributed by atoms with Gasteiger partial charge in [-0.1, -0.05) is 111 Å². The molecular weight excluding hydrogens is 873 g/mol. The summed E-state index contributed by atoms with van der Waals surface area (Å²) in [4.78, 5) is 28.7. The van der Waals surface area contributed by atoms with Crippen LogP contribution in [-0.2, 0) is 0 Å². The average Bonchev–Trinajstić information content (AvgIpc) is 3.38. The Balaban J connectivity index is 0.818. The summed E-state index contributed by atoms with van der Waals surface area (Å²) in [7, 11) is 0. The Morgan fingerprint density at radius 2 is 0.768 bits per heavy atom. The van der Waals surface area contributed by atoms with Gasteiger partial charge in [0.1, 0.15) is 45.7 Å². The summed E-state index contributed by atoms with van der Waals surface area (Å²) in [6, 6.07) is 62.3. The lowest BCUT2D eigenvalue weighted by Gasteiger charge is -2.36. The van der Waals surface area contributed by atoms with Crippen LogP contribution in [0.4, 0.5) is 0 Å². The molecule has 0 aromatic heterocycles. The molecule has 0 saturated carbocycles. The van der Waals surface area contributed by atoms with Crippen LogP contribution in [0, 0.1) is 6.92 Å². The summed E-state index contributed by atoms with van der Waals surface area (Å²) in [5, 5.41) is 0. The number of carbonyl (C=O) groups is 2. The van der Waals surface area contributed by atoms with E-state index in [4.69, 9.17) is 18.9 Å². The average molecular weight is 931 g/mol. The van der Waals surface area contributed by atoms with E-state index in [1.807, 2.05) is 165 Å². The van der Waals surface area contributed by atoms with Gasteiger partial charge in [0.15, 0.2) is 11.6 Å². The minimum atomic E-state index is -0.499. The van der Waals surface area contributed by atoms with Crippen LogP contribution in [-0.4, -0.2) is 22.8 Å². The zero-order valence-electron chi connectivity index (χ0n) is 40.3. The molecule has 0 N–H and O–H groups in total. The van der Waals surface area contributed by atoms with Crippen molar-refractivity contribution in [1.82, 2.24) is 0 Å². The number of carbonyl (C=O) groups excluding carboxylic acids is 2.